The van der Waals surface area contributed by atoms with Crippen LogP contribution >= 0.6 is 0 Å². The van der Waals surface area contributed by atoms with E-state index < -0.39 is 15.9 Å². The topological polar surface area (TPSA) is 97.3 Å². The number of hydrogen-bond acceptors (Lipinski definition) is 6. The lowest BCUT2D eigenvalue weighted by Crippen LogP contribution is -2.31. The Hall–Kier alpha value is -4.11. The number of hydrogen-bond donors (Lipinski definition) is 1. The maximum Gasteiger partial charge on any atom is 0.271 e. The molecule has 8 nitrogen and oxygen atoms in total. The molecule has 34 heavy (non-hydrogen) atoms. The number of ether oxygens (including phenoxy) is 2. The summed E-state index contributed by atoms with van der Waals surface area (Å²) in [4.78, 5) is 12.7. The third-order valence-corrected chi connectivity index (χ3v) is 6.65. The zero-order chi connectivity index (χ0) is 24.6. The maximum absolute atomic E-state index is 13.1. The average molecular weight is 480 g/mol. The minimum Gasteiger partial charge on any atom is -0.493 e. The van der Waals surface area contributed by atoms with E-state index >= 15 is 0 Å². The summed E-state index contributed by atoms with van der Waals surface area (Å²) in [6.07, 6.45) is 2.95. The number of amides is 1. The number of nitrogens with one attached hydrogen (secondary N) is 1. The fraction of sp³-hybridized carbons (Fsp3) is 0.120. The normalized spacial score (nSPS) is 11.1. The first-order valence-corrected chi connectivity index (χ1v) is 11.7. The average Bonchev–Trinajstić information content (AvgIpc) is 2.87. The lowest BCUT2D eigenvalue weighted by molar-refractivity contribution is 0.0955. The minimum atomic E-state index is -3.79. The first-order valence-electron chi connectivity index (χ1n) is 10.3. The van der Waals surface area contributed by atoms with Crippen molar-refractivity contribution in [3.8, 4) is 11.5 Å². The van der Waals surface area contributed by atoms with Gasteiger partial charge in [-0.25, -0.2) is 13.8 Å². The highest BCUT2D eigenvalue weighted by atomic mass is 32.2. The Morgan fingerprint density at radius 1 is 1.00 bits per heavy atom. The van der Waals surface area contributed by atoms with Crippen molar-refractivity contribution in [2.75, 3.05) is 25.1 Å². The van der Waals surface area contributed by atoms with Crippen molar-refractivity contribution in [3.05, 3.63) is 96.6 Å². The quantitative estimate of drug-likeness (QED) is 0.271. The maximum atomic E-state index is 13.1. The zero-order valence-corrected chi connectivity index (χ0v) is 19.7. The Bertz CT molecular complexity index is 1270. The molecule has 0 atom stereocenters. The largest absolute Gasteiger partial charge is 0.493 e. The highest BCUT2D eigenvalue weighted by Crippen LogP contribution is 2.29. The van der Waals surface area contributed by atoms with Gasteiger partial charge in [0.05, 0.1) is 37.6 Å². The molecule has 0 saturated carbocycles. The van der Waals surface area contributed by atoms with Gasteiger partial charge in [0.15, 0.2) is 11.5 Å². The molecule has 0 bridgehead atoms. The van der Waals surface area contributed by atoms with Gasteiger partial charge in [-0.15, -0.1) is 6.58 Å². The molecular formula is C25H25N3O5S. The third-order valence-electron chi connectivity index (χ3n) is 4.85. The van der Waals surface area contributed by atoms with Gasteiger partial charge in [-0.1, -0.05) is 30.3 Å². The van der Waals surface area contributed by atoms with Gasteiger partial charge in [0, 0.05) is 11.1 Å². The lowest BCUT2D eigenvalue weighted by atomic mass is 10.2. The van der Waals surface area contributed by atoms with Gasteiger partial charge in [0.2, 0.25) is 0 Å². The molecule has 0 spiro atoms. The molecule has 0 radical (unpaired) electrons. The van der Waals surface area contributed by atoms with Gasteiger partial charge in [0.1, 0.15) is 0 Å². The fourth-order valence-corrected chi connectivity index (χ4v) is 4.65. The van der Waals surface area contributed by atoms with E-state index in [0.717, 1.165) is 0 Å². The molecule has 0 fully saturated rings. The molecule has 3 rings (SSSR count). The second kappa shape index (κ2) is 11.2. The summed E-state index contributed by atoms with van der Waals surface area (Å²) < 4.78 is 38.0. The van der Waals surface area contributed by atoms with Crippen LogP contribution in [-0.2, 0) is 10.0 Å². The third kappa shape index (κ3) is 5.44. The molecule has 0 aliphatic rings. The number of carbonyl (C=O) groups excluding carboxylic acids is 1. The first-order chi connectivity index (χ1) is 16.4. The Kier molecular flexibility index (Phi) is 8.05. The van der Waals surface area contributed by atoms with Crippen LogP contribution in [0.3, 0.4) is 0 Å². The van der Waals surface area contributed by atoms with Crippen molar-refractivity contribution in [1.29, 1.82) is 0 Å². The number of carbonyl (C=O) groups is 1. The Balaban J connectivity index is 1.76. The van der Waals surface area contributed by atoms with Gasteiger partial charge in [0.25, 0.3) is 15.9 Å². The van der Waals surface area contributed by atoms with E-state index in [1.165, 1.54) is 55.1 Å². The molecule has 1 amide bonds. The zero-order valence-electron chi connectivity index (χ0n) is 18.8. The van der Waals surface area contributed by atoms with Crippen molar-refractivity contribution in [2.24, 2.45) is 5.10 Å². The summed E-state index contributed by atoms with van der Waals surface area (Å²) in [7, 11) is -0.741. The number of sulfonamides is 1. The molecule has 0 aromatic heterocycles. The van der Waals surface area contributed by atoms with Crippen LogP contribution < -0.4 is 19.2 Å². The highest BCUT2D eigenvalue weighted by molar-refractivity contribution is 7.92. The molecule has 3 aromatic carbocycles. The monoisotopic (exact) mass is 479 g/mol. The lowest BCUT2D eigenvalue weighted by Gasteiger charge is -2.23. The summed E-state index contributed by atoms with van der Waals surface area (Å²) in [6.45, 7) is 3.74. The number of rotatable bonds is 10. The van der Waals surface area contributed by atoms with Gasteiger partial charge in [-0.3, -0.25) is 9.10 Å². The molecule has 176 valence electrons. The van der Waals surface area contributed by atoms with Crippen LogP contribution in [-0.4, -0.2) is 41.3 Å². The van der Waals surface area contributed by atoms with Crippen molar-refractivity contribution >= 4 is 27.8 Å². The molecular weight excluding hydrogens is 454 g/mol. The molecule has 3 aromatic rings. The Labute approximate surface area is 199 Å². The van der Waals surface area contributed by atoms with E-state index in [4.69, 9.17) is 9.47 Å². The van der Waals surface area contributed by atoms with Gasteiger partial charge >= 0.3 is 0 Å². The van der Waals surface area contributed by atoms with Gasteiger partial charge < -0.3 is 9.47 Å². The molecule has 0 aliphatic heterocycles. The minimum absolute atomic E-state index is 0.0788. The summed E-state index contributed by atoms with van der Waals surface area (Å²) in [6, 6.07) is 19.6. The van der Waals surface area contributed by atoms with E-state index in [1.54, 1.807) is 48.5 Å². The van der Waals surface area contributed by atoms with Crippen LogP contribution in [0.4, 0.5) is 5.69 Å². The SMILES string of the molecule is C=CCN(c1ccc(C(=O)N/N=C\c2cccc(OC)c2OC)cc1)S(=O)(=O)c1ccccc1. The first kappa shape index (κ1) is 24.5. The van der Waals surface area contributed by atoms with Crippen molar-refractivity contribution in [2.45, 2.75) is 4.90 Å². The van der Waals surface area contributed by atoms with Crippen LogP contribution in [0.15, 0.2) is 95.4 Å². The molecule has 1 N–H and O–H groups in total. The molecule has 0 aliphatic carbocycles. The number of benzene rings is 3. The smallest absolute Gasteiger partial charge is 0.271 e. The predicted molar refractivity (Wildman–Crippen MR) is 132 cm³/mol. The van der Waals surface area contributed by atoms with Crippen LogP contribution in [0.2, 0.25) is 0 Å². The molecule has 0 heterocycles. The number of anilines is 1. The second-order valence-electron chi connectivity index (χ2n) is 6.97. The van der Waals surface area contributed by atoms with Gasteiger partial charge in [-0.05, 0) is 48.5 Å². The molecule has 9 heteroatoms. The van der Waals surface area contributed by atoms with E-state index in [-0.39, 0.29) is 11.4 Å². The molecule has 0 unspecified atom stereocenters. The second-order valence-corrected chi connectivity index (χ2v) is 8.83. The van der Waals surface area contributed by atoms with Crippen LogP contribution in [0, 0.1) is 0 Å². The van der Waals surface area contributed by atoms with Crippen molar-refractivity contribution in [1.82, 2.24) is 5.43 Å². The number of hydrazone groups is 1. The number of methoxy groups -OCH3 is 2. The standard InChI is InChI=1S/C25H25N3O5S/c1-4-17-28(34(30,31)22-10-6-5-7-11-22)21-15-13-19(14-16-21)25(29)27-26-18-20-9-8-12-23(32-2)24(20)33-3/h4-16,18H,1,17H2,2-3H3,(H,27,29)/b26-18-. The summed E-state index contributed by atoms with van der Waals surface area (Å²) in [5.74, 6) is 0.586. The van der Waals surface area contributed by atoms with Crippen molar-refractivity contribution in [3.63, 3.8) is 0 Å². The predicted octanol–water partition coefficient (Wildman–Crippen LogP) is 3.85. The molecule has 0 saturated heterocycles. The Morgan fingerprint density at radius 2 is 1.71 bits per heavy atom. The number of para-hydroxylation sites is 1. The van der Waals surface area contributed by atoms with Crippen LogP contribution in [0.5, 0.6) is 11.5 Å². The fourth-order valence-electron chi connectivity index (χ4n) is 3.20. The van der Waals surface area contributed by atoms with Crippen LogP contribution in [0.1, 0.15) is 15.9 Å². The summed E-state index contributed by atoms with van der Waals surface area (Å²) >= 11 is 0. The van der Waals surface area contributed by atoms with Crippen LogP contribution in [0.25, 0.3) is 0 Å². The van der Waals surface area contributed by atoms with E-state index in [9.17, 15) is 13.2 Å². The summed E-state index contributed by atoms with van der Waals surface area (Å²) in [5.41, 5.74) is 3.80. The van der Waals surface area contributed by atoms with Gasteiger partial charge in [-0.2, -0.15) is 5.10 Å². The summed E-state index contributed by atoms with van der Waals surface area (Å²) in [5, 5.41) is 3.99. The Morgan fingerprint density at radius 3 is 2.32 bits per heavy atom. The highest BCUT2D eigenvalue weighted by Gasteiger charge is 2.24. The van der Waals surface area contributed by atoms with Crippen molar-refractivity contribution < 1.29 is 22.7 Å². The van der Waals surface area contributed by atoms with E-state index in [1.807, 2.05) is 0 Å². The van der Waals surface area contributed by atoms with E-state index in [0.29, 0.717) is 28.3 Å². The number of nitrogens with zero attached hydrogens (tertiary/aromatic N) is 2. The van der Waals surface area contributed by atoms with E-state index in [2.05, 4.69) is 17.1 Å².